The van der Waals surface area contributed by atoms with Crippen LogP contribution in [0.3, 0.4) is 0 Å². The van der Waals surface area contributed by atoms with Crippen LogP contribution < -0.4 is 0 Å². The summed E-state index contributed by atoms with van der Waals surface area (Å²) in [4.78, 5) is 22.2. The van der Waals surface area contributed by atoms with E-state index >= 15 is 0 Å². The number of benzene rings is 1. The van der Waals surface area contributed by atoms with Crippen molar-refractivity contribution >= 4 is 11.8 Å². The van der Waals surface area contributed by atoms with Crippen LogP contribution in [-0.4, -0.2) is 18.9 Å². The topological polar surface area (TPSA) is 43.4 Å². The average molecular weight is 191 g/mol. The van der Waals surface area contributed by atoms with E-state index in [2.05, 4.69) is 4.74 Å². The molecule has 0 N–H and O–H groups in total. The maximum Gasteiger partial charge on any atom is 0.317 e. The molecule has 0 heterocycles. The van der Waals surface area contributed by atoms with E-state index < -0.39 is 5.97 Å². The maximum absolute atomic E-state index is 11.4. The fourth-order valence-corrected chi connectivity index (χ4v) is 1.05. The van der Waals surface area contributed by atoms with Gasteiger partial charge in [-0.1, -0.05) is 23.8 Å². The third-order valence-electron chi connectivity index (χ3n) is 1.75. The van der Waals surface area contributed by atoms with Crippen LogP contribution in [0.2, 0.25) is 0 Å². The van der Waals surface area contributed by atoms with Gasteiger partial charge in [0.05, 0.1) is 7.11 Å². The zero-order valence-corrected chi connectivity index (χ0v) is 8.11. The maximum atomic E-state index is 11.4. The highest BCUT2D eigenvalue weighted by Gasteiger charge is 2.12. The number of ketones is 1. The molecule has 0 unspecified atom stereocenters. The SMILES string of the molecule is COC(=O)[CH]C(=O)c1cccc(C)c1. The summed E-state index contributed by atoms with van der Waals surface area (Å²) in [6.45, 7) is 1.88. The molecule has 0 bridgehead atoms. The van der Waals surface area contributed by atoms with E-state index in [0.29, 0.717) is 5.56 Å². The molecule has 3 nitrogen and oxygen atoms in total. The van der Waals surface area contributed by atoms with Gasteiger partial charge in [-0.15, -0.1) is 0 Å². The van der Waals surface area contributed by atoms with Gasteiger partial charge in [0.25, 0.3) is 0 Å². The predicted molar refractivity (Wildman–Crippen MR) is 51.8 cm³/mol. The Kier molecular flexibility index (Phi) is 3.40. The molecular weight excluding hydrogens is 180 g/mol. The normalized spacial score (nSPS) is 9.57. The molecule has 0 aliphatic heterocycles. The zero-order chi connectivity index (χ0) is 10.6. The molecule has 0 aliphatic carbocycles. The zero-order valence-electron chi connectivity index (χ0n) is 8.11. The second kappa shape index (κ2) is 4.56. The van der Waals surface area contributed by atoms with Gasteiger partial charge in [-0.05, 0) is 13.0 Å². The third kappa shape index (κ3) is 2.69. The van der Waals surface area contributed by atoms with Crippen LogP contribution in [0.15, 0.2) is 24.3 Å². The molecule has 1 aromatic carbocycles. The van der Waals surface area contributed by atoms with Crippen LogP contribution in [0.5, 0.6) is 0 Å². The fourth-order valence-electron chi connectivity index (χ4n) is 1.05. The van der Waals surface area contributed by atoms with Crippen molar-refractivity contribution in [2.45, 2.75) is 6.92 Å². The monoisotopic (exact) mass is 191 g/mol. The van der Waals surface area contributed by atoms with Crippen LogP contribution in [0.25, 0.3) is 0 Å². The Hall–Kier alpha value is -1.64. The van der Waals surface area contributed by atoms with Gasteiger partial charge in [0.1, 0.15) is 6.42 Å². The quantitative estimate of drug-likeness (QED) is 0.413. The minimum absolute atomic E-state index is 0.333. The number of rotatable bonds is 3. The molecule has 0 atom stereocenters. The van der Waals surface area contributed by atoms with Crippen molar-refractivity contribution in [3.63, 3.8) is 0 Å². The largest absolute Gasteiger partial charge is 0.468 e. The average Bonchev–Trinajstić information content (AvgIpc) is 2.17. The predicted octanol–water partition coefficient (Wildman–Crippen LogP) is 1.56. The van der Waals surface area contributed by atoms with Crippen molar-refractivity contribution in [2.75, 3.05) is 7.11 Å². The second-order valence-corrected chi connectivity index (χ2v) is 2.90. The summed E-state index contributed by atoms with van der Waals surface area (Å²) in [6.07, 6.45) is 0.939. The van der Waals surface area contributed by atoms with Gasteiger partial charge in [-0.3, -0.25) is 9.59 Å². The van der Waals surface area contributed by atoms with Gasteiger partial charge in [0, 0.05) is 5.56 Å². The minimum Gasteiger partial charge on any atom is -0.468 e. The molecule has 0 saturated carbocycles. The van der Waals surface area contributed by atoms with E-state index in [9.17, 15) is 9.59 Å². The van der Waals surface area contributed by atoms with E-state index in [1.165, 1.54) is 7.11 Å². The van der Waals surface area contributed by atoms with Crippen molar-refractivity contribution in [3.8, 4) is 0 Å². The van der Waals surface area contributed by atoms with E-state index in [-0.39, 0.29) is 5.78 Å². The number of ether oxygens (including phenoxy) is 1. The smallest absolute Gasteiger partial charge is 0.317 e. The summed E-state index contributed by atoms with van der Waals surface area (Å²) in [5, 5.41) is 0. The summed E-state index contributed by atoms with van der Waals surface area (Å²) in [5.74, 6) is -0.961. The molecular formula is C11H11O3. The molecule has 14 heavy (non-hydrogen) atoms. The summed E-state index contributed by atoms with van der Waals surface area (Å²) in [6, 6.07) is 7.04. The van der Waals surface area contributed by atoms with Crippen LogP contribution >= 0.6 is 0 Å². The lowest BCUT2D eigenvalue weighted by atomic mass is 10.1. The van der Waals surface area contributed by atoms with E-state index in [0.717, 1.165) is 12.0 Å². The summed E-state index contributed by atoms with van der Waals surface area (Å²) in [7, 11) is 1.24. The van der Waals surface area contributed by atoms with Gasteiger partial charge in [0.15, 0.2) is 5.78 Å². The Bertz CT molecular complexity index is 355. The second-order valence-electron chi connectivity index (χ2n) is 2.90. The molecule has 0 fully saturated rings. The number of hydrogen-bond acceptors (Lipinski definition) is 3. The van der Waals surface area contributed by atoms with Crippen LogP contribution in [0.1, 0.15) is 15.9 Å². The fraction of sp³-hybridized carbons (Fsp3) is 0.182. The first kappa shape index (κ1) is 10.4. The highest BCUT2D eigenvalue weighted by atomic mass is 16.5. The molecule has 0 aliphatic rings. The van der Waals surface area contributed by atoms with Crippen LogP contribution in [0, 0.1) is 13.3 Å². The molecule has 1 radical (unpaired) electrons. The lowest BCUT2D eigenvalue weighted by Crippen LogP contribution is -2.10. The number of Topliss-reactive ketones (excluding diaryl/α,β-unsaturated/α-hetero) is 1. The molecule has 3 heteroatoms. The number of esters is 1. The number of carbonyl (C=O) groups excluding carboxylic acids is 2. The summed E-state index contributed by atoms with van der Waals surface area (Å²) in [5.41, 5.74) is 1.48. The van der Waals surface area contributed by atoms with Crippen LogP contribution in [0.4, 0.5) is 0 Å². The first-order valence-electron chi connectivity index (χ1n) is 4.17. The molecule has 0 aromatic heterocycles. The summed E-state index contributed by atoms with van der Waals surface area (Å²) < 4.78 is 4.36. The Balaban J connectivity index is 2.75. The van der Waals surface area contributed by atoms with Crippen molar-refractivity contribution in [2.24, 2.45) is 0 Å². The third-order valence-corrected chi connectivity index (χ3v) is 1.75. The molecule has 0 spiro atoms. The van der Waals surface area contributed by atoms with Gasteiger partial charge in [-0.25, -0.2) is 0 Å². The van der Waals surface area contributed by atoms with Gasteiger partial charge >= 0.3 is 5.97 Å². The van der Waals surface area contributed by atoms with Gasteiger partial charge in [-0.2, -0.15) is 0 Å². The first-order chi connectivity index (χ1) is 6.63. The van der Waals surface area contributed by atoms with Crippen molar-refractivity contribution in [1.82, 2.24) is 0 Å². The van der Waals surface area contributed by atoms with Crippen molar-refractivity contribution in [3.05, 3.63) is 41.8 Å². The van der Waals surface area contributed by atoms with E-state index in [1.807, 2.05) is 13.0 Å². The lowest BCUT2D eigenvalue weighted by Gasteiger charge is -2.00. The Morgan fingerprint density at radius 2 is 2.07 bits per heavy atom. The molecule has 0 saturated heterocycles. The minimum atomic E-state index is -0.628. The molecule has 0 amide bonds. The molecule has 1 aromatic rings. The van der Waals surface area contributed by atoms with E-state index in [1.54, 1.807) is 18.2 Å². The highest BCUT2D eigenvalue weighted by molar-refractivity contribution is 6.15. The van der Waals surface area contributed by atoms with Gasteiger partial charge in [0.2, 0.25) is 0 Å². The Labute approximate surface area is 82.7 Å². The molecule has 73 valence electrons. The van der Waals surface area contributed by atoms with Gasteiger partial charge < -0.3 is 4.74 Å². The van der Waals surface area contributed by atoms with Crippen molar-refractivity contribution < 1.29 is 14.3 Å². The molecule has 1 rings (SSSR count). The Morgan fingerprint density at radius 1 is 1.36 bits per heavy atom. The number of hydrogen-bond donors (Lipinski definition) is 0. The van der Waals surface area contributed by atoms with Crippen molar-refractivity contribution in [1.29, 1.82) is 0 Å². The van der Waals surface area contributed by atoms with E-state index in [4.69, 9.17) is 0 Å². The number of methoxy groups -OCH3 is 1. The first-order valence-corrected chi connectivity index (χ1v) is 4.17. The lowest BCUT2D eigenvalue weighted by molar-refractivity contribution is -0.136. The Morgan fingerprint density at radius 3 is 2.64 bits per heavy atom. The standard InChI is InChI=1S/C11H11O3/c1-8-4-3-5-9(6-8)10(12)7-11(13)14-2/h3-7H,1-2H3. The van der Waals surface area contributed by atoms with Crippen LogP contribution in [-0.2, 0) is 9.53 Å². The summed E-state index contributed by atoms with van der Waals surface area (Å²) >= 11 is 0. The number of carbonyl (C=O) groups is 2. The highest BCUT2D eigenvalue weighted by Crippen LogP contribution is 2.06. The number of aryl methyl sites for hydroxylation is 1.